The highest BCUT2D eigenvalue weighted by Crippen LogP contribution is 2.39. The van der Waals surface area contributed by atoms with Crippen molar-refractivity contribution in [2.24, 2.45) is 5.73 Å². The molecule has 178 valence electrons. The number of aromatic nitrogens is 4. The molecule has 0 bridgehead atoms. The molecule has 1 aliphatic heterocycles. The highest BCUT2D eigenvalue weighted by atomic mass is 32.2. The Bertz CT molecular complexity index is 1330. The quantitative estimate of drug-likeness (QED) is 0.400. The van der Waals surface area contributed by atoms with Crippen LogP contribution in [0.15, 0.2) is 53.6 Å². The molecule has 0 saturated carbocycles. The van der Waals surface area contributed by atoms with Crippen LogP contribution in [0.1, 0.15) is 18.0 Å². The van der Waals surface area contributed by atoms with Crippen molar-refractivity contribution in [2.75, 3.05) is 25.4 Å². The molecule has 4 heterocycles. The Balaban J connectivity index is 1.56. The van der Waals surface area contributed by atoms with Crippen molar-refractivity contribution in [2.45, 2.75) is 29.6 Å². The number of rotatable bonds is 6. The molecule has 2 atom stereocenters. The summed E-state index contributed by atoms with van der Waals surface area (Å²) in [4.78, 5) is 7.05. The molecule has 11 heteroatoms. The van der Waals surface area contributed by atoms with Crippen molar-refractivity contribution in [3.05, 3.63) is 54.2 Å². The van der Waals surface area contributed by atoms with Gasteiger partial charge in [-0.05, 0) is 36.2 Å². The van der Waals surface area contributed by atoms with E-state index in [9.17, 15) is 13.2 Å². The number of nitrogens with zero attached hydrogens (tertiary/aromatic N) is 5. The second-order valence-electron chi connectivity index (χ2n) is 8.33. The third-order valence-electron chi connectivity index (χ3n) is 5.92. The van der Waals surface area contributed by atoms with Crippen LogP contribution in [-0.2, 0) is 0 Å². The maximum absolute atomic E-state index is 14.1. The fourth-order valence-corrected chi connectivity index (χ4v) is 5.06. The van der Waals surface area contributed by atoms with E-state index >= 15 is 0 Å². The molecule has 4 aromatic rings. The molecule has 1 saturated heterocycles. The number of likely N-dealkylation sites (tertiary alicyclic amines) is 1. The minimum atomic E-state index is -4.45. The average molecular weight is 489 g/mol. The van der Waals surface area contributed by atoms with Crippen LogP contribution < -0.4 is 5.73 Å². The van der Waals surface area contributed by atoms with Crippen LogP contribution >= 0.6 is 11.8 Å². The Kier molecular flexibility index (Phi) is 6.19. The molecule has 0 aliphatic carbocycles. The van der Waals surface area contributed by atoms with Crippen molar-refractivity contribution in [1.29, 1.82) is 0 Å². The second-order valence-corrected chi connectivity index (χ2v) is 9.49. The summed E-state index contributed by atoms with van der Waals surface area (Å²) in [5, 5.41) is 18.3. The van der Waals surface area contributed by atoms with E-state index in [0.29, 0.717) is 35.9 Å². The first kappa shape index (κ1) is 23.0. The first-order valence-electron chi connectivity index (χ1n) is 10.9. The summed E-state index contributed by atoms with van der Waals surface area (Å²) in [5.41, 5.74) is 7.67. The monoisotopic (exact) mass is 488 g/mol. The number of thioether (sulfide) groups is 1. The van der Waals surface area contributed by atoms with Crippen LogP contribution in [0.5, 0.6) is 0 Å². The van der Waals surface area contributed by atoms with Gasteiger partial charge in [-0.2, -0.15) is 13.2 Å². The Morgan fingerprint density at radius 2 is 1.97 bits per heavy atom. The number of aliphatic hydroxyl groups excluding tert-OH is 1. The van der Waals surface area contributed by atoms with Crippen LogP contribution in [0.4, 0.5) is 13.2 Å². The normalized spacial score (nSPS) is 18.2. The number of halogens is 3. The van der Waals surface area contributed by atoms with Gasteiger partial charge >= 0.3 is 6.18 Å². The van der Waals surface area contributed by atoms with Gasteiger partial charge in [0.05, 0.1) is 12.1 Å². The lowest BCUT2D eigenvalue weighted by Crippen LogP contribution is -2.38. The lowest BCUT2D eigenvalue weighted by Gasteiger charge is -2.30. The van der Waals surface area contributed by atoms with Gasteiger partial charge in [0.1, 0.15) is 11.7 Å². The standard InChI is InChI=1S/C23H23F3N6OS/c24-23(25,26)21(31-8-7-16(27)13-31)15-3-6-20-29-30-22(32(20)12-15)18-5-2-14-1-4-17(34-10-9-33)11-19(14)28-18/h1-6,11-12,16,21,33H,7-10,13,27H2. The van der Waals surface area contributed by atoms with E-state index in [2.05, 4.69) is 10.2 Å². The van der Waals surface area contributed by atoms with E-state index < -0.39 is 12.2 Å². The van der Waals surface area contributed by atoms with Crippen LogP contribution in [-0.4, -0.2) is 67.3 Å². The van der Waals surface area contributed by atoms with Gasteiger partial charge < -0.3 is 10.8 Å². The van der Waals surface area contributed by atoms with Crippen molar-refractivity contribution in [3.8, 4) is 11.5 Å². The van der Waals surface area contributed by atoms with Crippen molar-refractivity contribution in [1.82, 2.24) is 24.5 Å². The highest BCUT2D eigenvalue weighted by molar-refractivity contribution is 7.99. The first-order valence-corrected chi connectivity index (χ1v) is 11.9. The SMILES string of the molecule is NC1CCN(C(c2ccc3nnc(-c4ccc5ccc(SCCO)cc5n4)n3c2)C(F)(F)F)C1. The predicted octanol–water partition coefficient (Wildman–Crippen LogP) is 3.67. The maximum Gasteiger partial charge on any atom is 0.408 e. The number of benzene rings is 1. The minimum absolute atomic E-state index is 0.0759. The van der Waals surface area contributed by atoms with Crippen LogP contribution in [0, 0.1) is 0 Å². The molecule has 34 heavy (non-hydrogen) atoms. The predicted molar refractivity (Wildman–Crippen MR) is 124 cm³/mol. The van der Waals surface area contributed by atoms with Crippen LogP contribution in [0.3, 0.4) is 0 Å². The van der Waals surface area contributed by atoms with Crippen LogP contribution in [0.25, 0.3) is 28.1 Å². The average Bonchev–Trinajstić information content (AvgIpc) is 3.42. The van der Waals surface area contributed by atoms with Gasteiger partial charge in [0.15, 0.2) is 11.5 Å². The van der Waals surface area contributed by atoms with E-state index in [0.717, 1.165) is 15.8 Å². The molecule has 1 aliphatic rings. The summed E-state index contributed by atoms with van der Waals surface area (Å²) in [5.74, 6) is 0.941. The summed E-state index contributed by atoms with van der Waals surface area (Å²) in [6, 6.07) is 10.5. The Morgan fingerprint density at radius 3 is 2.71 bits per heavy atom. The largest absolute Gasteiger partial charge is 0.408 e. The van der Waals surface area contributed by atoms with E-state index in [1.54, 1.807) is 16.5 Å². The van der Waals surface area contributed by atoms with E-state index in [1.165, 1.54) is 28.9 Å². The molecule has 0 radical (unpaired) electrons. The number of pyridine rings is 2. The Morgan fingerprint density at radius 1 is 1.15 bits per heavy atom. The van der Waals surface area contributed by atoms with Crippen molar-refractivity contribution >= 4 is 28.3 Å². The lowest BCUT2D eigenvalue weighted by molar-refractivity contribution is -0.183. The molecular weight excluding hydrogens is 465 g/mol. The fraction of sp³-hybridized carbons (Fsp3) is 0.348. The number of nitrogens with two attached hydrogens (primary N) is 1. The van der Waals surface area contributed by atoms with Gasteiger partial charge in [0.2, 0.25) is 0 Å². The molecule has 5 rings (SSSR count). The maximum atomic E-state index is 14.1. The second kappa shape index (κ2) is 9.14. The number of alkyl halides is 3. The molecule has 2 unspecified atom stereocenters. The summed E-state index contributed by atoms with van der Waals surface area (Å²) in [6.07, 6.45) is -2.46. The molecule has 0 spiro atoms. The van der Waals surface area contributed by atoms with Gasteiger partial charge in [0.25, 0.3) is 0 Å². The summed E-state index contributed by atoms with van der Waals surface area (Å²) < 4.78 is 43.8. The topological polar surface area (TPSA) is 92.6 Å². The van der Waals surface area contributed by atoms with Gasteiger partial charge in [-0.3, -0.25) is 9.30 Å². The summed E-state index contributed by atoms with van der Waals surface area (Å²) in [6.45, 7) is 0.563. The number of aliphatic hydroxyl groups is 1. The zero-order valence-corrected chi connectivity index (χ0v) is 18.9. The molecular formula is C23H23F3N6OS. The number of fused-ring (bicyclic) bond motifs is 2. The zero-order chi connectivity index (χ0) is 23.9. The third kappa shape index (κ3) is 4.48. The summed E-state index contributed by atoms with van der Waals surface area (Å²) in [7, 11) is 0. The molecule has 1 fully saturated rings. The lowest BCUT2D eigenvalue weighted by atomic mass is 10.1. The number of hydrogen-bond acceptors (Lipinski definition) is 7. The van der Waals surface area contributed by atoms with E-state index in [4.69, 9.17) is 15.8 Å². The van der Waals surface area contributed by atoms with Crippen LogP contribution in [0.2, 0.25) is 0 Å². The Hall–Kier alpha value is -2.73. The van der Waals surface area contributed by atoms with Gasteiger partial charge in [-0.1, -0.05) is 18.2 Å². The minimum Gasteiger partial charge on any atom is -0.396 e. The smallest absolute Gasteiger partial charge is 0.396 e. The number of hydrogen-bond donors (Lipinski definition) is 2. The van der Waals surface area contributed by atoms with Gasteiger partial charge in [0, 0.05) is 41.4 Å². The van der Waals surface area contributed by atoms with Gasteiger partial charge in [-0.25, -0.2) is 4.98 Å². The van der Waals surface area contributed by atoms with Crippen molar-refractivity contribution < 1.29 is 18.3 Å². The fourth-order valence-electron chi connectivity index (χ4n) is 4.38. The Labute approximate surface area is 197 Å². The first-order chi connectivity index (χ1) is 16.3. The van der Waals surface area contributed by atoms with E-state index in [1.807, 2.05) is 24.3 Å². The molecule has 3 aromatic heterocycles. The molecule has 3 N–H and O–H groups in total. The van der Waals surface area contributed by atoms with Crippen molar-refractivity contribution in [3.63, 3.8) is 0 Å². The summed E-state index contributed by atoms with van der Waals surface area (Å²) >= 11 is 1.52. The molecule has 0 amide bonds. The third-order valence-corrected chi connectivity index (χ3v) is 6.90. The molecule has 7 nitrogen and oxygen atoms in total. The van der Waals surface area contributed by atoms with E-state index in [-0.39, 0.29) is 24.8 Å². The highest BCUT2D eigenvalue weighted by Gasteiger charge is 2.46. The molecule has 1 aromatic carbocycles. The van der Waals surface area contributed by atoms with Gasteiger partial charge in [-0.15, -0.1) is 22.0 Å². The zero-order valence-electron chi connectivity index (χ0n) is 18.1.